The van der Waals surface area contributed by atoms with Crippen molar-refractivity contribution in [2.45, 2.75) is 38.5 Å². The Morgan fingerprint density at radius 1 is 1.04 bits per heavy atom. The first kappa shape index (κ1) is 19.4. The number of hydrogen-bond donors (Lipinski definition) is 0. The van der Waals surface area contributed by atoms with Crippen LogP contribution in [-0.2, 0) is 0 Å². The van der Waals surface area contributed by atoms with Gasteiger partial charge in [-0.15, -0.1) is 5.10 Å². The molecule has 2 heterocycles. The third-order valence-electron chi connectivity index (χ3n) is 5.93. The van der Waals surface area contributed by atoms with Gasteiger partial charge in [0.25, 0.3) is 5.91 Å². The lowest BCUT2D eigenvalue weighted by atomic mass is 9.89. The van der Waals surface area contributed by atoms with Gasteiger partial charge in [0.05, 0.1) is 16.9 Å². The van der Waals surface area contributed by atoms with Crippen LogP contribution in [0, 0.1) is 5.92 Å². The molecule has 1 amide bonds. The molecular formula is C21H28ClN5O. The summed E-state index contributed by atoms with van der Waals surface area (Å²) in [5, 5.41) is 8.79. The summed E-state index contributed by atoms with van der Waals surface area (Å²) in [5.74, 6) is 0.796. The standard InChI is InChI=1S/C21H28ClN5O/c22-18-9-4-5-10-20(18)27-16-19(23-24-27)21(28)26-12-6-11-25(13-14-26)15-17-7-2-1-3-8-17/h4-5,9-10,16-17H,1-3,6-8,11-15H2. The summed E-state index contributed by atoms with van der Waals surface area (Å²) >= 11 is 6.22. The maximum absolute atomic E-state index is 12.9. The smallest absolute Gasteiger partial charge is 0.276 e. The summed E-state index contributed by atoms with van der Waals surface area (Å²) in [4.78, 5) is 17.4. The molecule has 7 heteroatoms. The molecule has 1 saturated heterocycles. The quantitative estimate of drug-likeness (QED) is 0.784. The predicted molar refractivity (Wildman–Crippen MR) is 110 cm³/mol. The Hall–Kier alpha value is -1.92. The molecule has 2 aliphatic rings. The van der Waals surface area contributed by atoms with E-state index in [9.17, 15) is 4.79 Å². The molecule has 1 aromatic carbocycles. The highest BCUT2D eigenvalue weighted by molar-refractivity contribution is 6.32. The Bertz CT molecular complexity index is 802. The lowest BCUT2D eigenvalue weighted by Crippen LogP contribution is -2.37. The zero-order chi connectivity index (χ0) is 19.3. The average Bonchev–Trinajstić information content (AvgIpc) is 3.09. The minimum Gasteiger partial charge on any atom is -0.336 e. The molecule has 1 aliphatic heterocycles. The molecule has 0 radical (unpaired) electrons. The van der Waals surface area contributed by atoms with Crippen LogP contribution in [0.1, 0.15) is 49.0 Å². The first-order valence-corrected chi connectivity index (χ1v) is 10.8. The molecule has 0 N–H and O–H groups in total. The van der Waals surface area contributed by atoms with Gasteiger partial charge in [-0.05, 0) is 43.9 Å². The molecule has 28 heavy (non-hydrogen) atoms. The molecule has 0 bridgehead atoms. The van der Waals surface area contributed by atoms with Crippen molar-refractivity contribution in [1.82, 2.24) is 24.8 Å². The van der Waals surface area contributed by atoms with E-state index in [-0.39, 0.29) is 5.91 Å². The Morgan fingerprint density at radius 2 is 1.86 bits per heavy atom. The van der Waals surface area contributed by atoms with Gasteiger partial charge in [0.2, 0.25) is 0 Å². The fourth-order valence-corrected chi connectivity index (χ4v) is 4.59. The molecule has 0 atom stereocenters. The van der Waals surface area contributed by atoms with Crippen LogP contribution in [0.5, 0.6) is 0 Å². The molecule has 4 rings (SSSR count). The molecule has 1 aromatic heterocycles. The highest BCUT2D eigenvalue weighted by atomic mass is 35.5. The number of halogens is 1. The number of aromatic nitrogens is 3. The van der Waals surface area contributed by atoms with Crippen LogP contribution in [0.2, 0.25) is 5.02 Å². The SMILES string of the molecule is O=C(c1cn(-c2ccccc2Cl)nn1)N1CCCN(CC2CCCCC2)CC1. The average molecular weight is 402 g/mol. The van der Waals surface area contributed by atoms with E-state index in [1.807, 2.05) is 23.1 Å². The Balaban J connectivity index is 1.37. The Labute approximate surface area is 171 Å². The molecular weight excluding hydrogens is 374 g/mol. The highest BCUT2D eigenvalue weighted by Crippen LogP contribution is 2.25. The molecule has 2 fully saturated rings. The minimum atomic E-state index is -0.0437. The Morgan fingerprint density at radius 3 is 2.68 bits per heavy atom. The maximum atomic E-state index is 12.9. The van der Waals surface area contributed by atoms with Gasteiger partial charge in [0.15, 0.2) is 5.69 Å². The number of nitrogens with zero attached hydrogens (tertiary/aromatic N) is 5. The lowest BCUT2D eigenvalue weighted by Gasteiger charge is -2.28. The molecule has 1 saturated carbocycles. The van der Waals surface area contributed by atoms with E-state index >= 15 is 0 Å². The van der Waals surface area contributed by atoms with E-state index in [1.54, 1.807) is 16.9 Å². The summed E-state index contributed by atoms with van der Waals surface area (Å²) in [6.07, 6.45) is 9.57. The van der Waals surface area contributed by atoms with Crippen LogP contribution in [0.15, 0.2) is 30.5 Å². The fourth-order valence-electron chi connectivity index (χ4n) is 4.37. The van der Waals surface area contributed by atoms with Crippen molar-refractivity contribution in [3.05, 3.63) is 41.2 Å². The van der Waals surface area contributed by atoms with Crippen molar-refractivity contribution in [1.29, 1.82) is 0 Å². The second-order valence-corrected chi connectivity index (χ2v) is 8.36. The summed E-state index contributed by atoms with van der Waals surface area (Å²) in [6, 6.07) is 7.42. The number of hydrogen-bond acceptors (Lipinski definition) is 4. The summed E-state index contributed by atoms with van der Waals surface area (Å²) < 4.78 is 1.57. The fraction of sp³-hybridized carbons (Fsp3) is 0.571. The largest absolute Gasteiger partial charge is 0.336 e. The second kappa shape index (κ2) is 9.05. The van der Waals surface area contributed by atoms with Gasteiger partial charge >= 0.3 is 0 Å². The predicted octanol–water partition coefficient (Wildman–Crippen LogP) is 3.65. The van der Waals surface area contributed by atoms with Gasteiger partial charge in [0.1, 0.15) is 0 Å². The molecule has 1 aliphatic carbocycles. The lowest BCUT2D eigenvalue weighted by molar-refractivity contribution is 0.0754. The van der Waals surface area contributed by atoms with Gasteiger partial charge in [-0.1, -0.05) is 48.2 Å². The van der Waals surface area contributed by atoms with Crippen molar-refractivity contribution in [3.8, 4) is 5.69 Å². The van der Waals surface area contributed by atoms with E-state index in [0.29, 0.717) is 10.7 Å². The summed E-state index contributed by atoms with van der Waals surface area (Å²) in [6.45, 7) is 4.74. The normalized spacial score (nSPS) is 19.5. The second-order valence-electron chi connectivity index (χ2n) is 7.95. The molecule has 150 valence electrons. The van der Waals surface area contributed by atoms with Gasteiger partial charge in [-0.25, -0.2) is 4.68 Å². The zero-order valence-corrected chi connectivity index (χ0v) is 17.0. The van der Waals surface area contributed by atoms with Crippen LogP contribution in [-0.4, -0.2) is 63.4 Å². The molecule has 0 unspecified atom stereocenters. The number of para-hydroxylation sites is 1. The summed E-state index contributed by atoms with van der Waals surface area (Å²) in [7, 11) is 0. The number of carbonyl (C=O) groups is 1. The Kier molecular flexibility index (Phi) is 6.27. The number of benzene rings is 1. The first-order valence-electron chi connectivity index (χ1n) is 10.4. The van der Waals surface area contributed by atoms with Crippen LogP contribution >= 0.6 is 11.6 Å². The third-order valence-corrected chi connectivity index (χ3v) is 6.25. The minimum absolute atomic E-state index is 0.0437. The van der Waals surface area contributed by atoms with E-state index in [4.69, 9.17) is 11.6 Å². The van der Waals surface area contributed by atoms with Crippen LogP contribution in [0.25, 0.3) is 5.69 Å². The number of rotatable bonds is 4. The van der Waals surface area contributed by atoms with Crippen molar-refractivity contribution in [2.24, 2.45) is 5.92 Å². The third kappa shape index (κ3) is 4.55. The number of amides is 1. The molecule has 0 spiro atoms. The highest BCUT2D eigenvalue weighted by Gasteiger charge is 2.24. The van der Waals surface area contributed by atoms with Crippen LogP contribution in [0.3, 0.4) is 0 Å². The van der Waals surface area contributed by atoms with Crippen molar-refractivity contribution in [2.75, 3.05) is 32.7 Å². The van der Waals surface area contributed by atoms with E-state index in [1.165, 1.54) is 38.6 Å². The topological polar surface area (TPSA) is 54.3 Å². The molecule has 2 aromatic rings. The van der Waals surface area contributed by atoms with E-state index in [0.717, 1.165) is 44.2 Å². The van der Waals surface area contributed by atoms with Gasteiger partial charge < -0.3 is 9.80 Å². The maximum Gasteiger partial charge on any atom is 0.276 e. The zero-order valence-electron chi connectivity index (χ0n) is 16.3. The number of carbonyl (C=O) groups excluding carboxylic acids is 1. The monoisotopic (exact) mass is 401 g/mol. The first-order chi connectivity index (χ1) is 13.7. The van der Waals surface area contributed by atoms with E-state index < -0.39 is 0 Å². The van der Waals surface area contributed by atoms with E-state index in [2.05, 4.69) is 15.2 Å². The van der Waals surface area contributed by atoms with Crippen LogP contribution in [0.4, 0.5) is 0 Å². The molecule has 6 nitrogen and oxygen atoms in total. The van der Waals surface area contributed by atoms with Gasteiger partial charge in [-0.2, -0.15) is 0 Å². The van der Waals surface area contributed by atoms with Gasteiger partial charge in [0, 0.05) is 26.2 Å². The summed E-state index contributed by atoms with van der Waals surface area (Å²) in [5.41, 5.74) is 1.10. The van der Waals surface area contributed by atoms with Crippen molar-refractivity contribution in [3.63, 3.8) is 0 Å². The van der Waals surface area contributed by atoms with Crippen LogP contribution < -0.4 is 0 Å². The van der Waals surface area contributed by atoms with Gasteiger partial charge in [-0.3, -0.25) is 4.79 Å². The van der Waals surface area contributed by atoms with Crippen molar-refractivity contribution < 1.29 is 4.79 Å². The van der Waals surface area contributed by atoms with Crippen molar-refractivity contribution >= 4 is 17.5 Å².